The second-order valence-corrected chi connectivity index (χ2v) is 6.39. The lowest BCUT2D eigenvalue weighted by Gasteiger charge is -2.15. The number of nitrogens with zero attached hydrogens (tertiary/aromatic N) is 1. The molecule has 1 heterocycles. The van der Waals surface area contributed by atoms with Crippen LogP contribution < -0.4 is 16.6 Å². The summed E-state index contributed by atoms with van der Waals surface area (Å²) in [6, 6.07) is 8.77. The molecule has 0 aliphatic rings. The molecule has 0 unspecified atom stereocenters. The highest BCUT2D eigenvalue weighted by Crippen LogP contribution is 2.23. The minimum absolute atomic E-state index is 0.128. The summed E-state index contributed by atoms with van der Waals surface area (Å²) in [4.78, 5) is 29.7. The van der Waals surface area contributed by atoms with Crippen LogP contribution in [-0.2, 0) is 4.79 Å². The van der Waals surface area contributed by atoms with E-state index in [9.17, 15) is 9.59 Å². The van der Waals surface area contributed by atoms with Crippen molar-refractivity contribution >= 4 is 39.4 Å². The maximum absolute atomic E-state index is 12.0. The number of benzene rings is 1. The van der Waals surface area contributed by atoms with E-state index >= 15 is 0 Å². The maximum Gasteiger partial charge on any atom is 0.253 e. The highest BCUT2D eigenvalue weighted by atomic mass is 79.9. The summed E-state index contributed by atoms with van der Waals surface area (Å²) >= 11 is 4.59. The lowest BCUT2D eigenvalue weighted by atomic mass is 10.1. The Bertz CT molecular complexity index is 735. The highest BCUT2D eigenvalue weighted by Gasteiger charge is 2.12. The van der Waals surface area contributed by atoms with Gasteiger partial charge in [-0.2, -0.15) is 0 Å². The number of halogens is 1. The summed E-state index contributed by atoms with van der Waals surface area (Å²) in [7, 11) is 0. The molecule has 1 aromatic heterocycles. The van der Waals surface area contributed by atoms with Crippen molar-refractivity contribution in [1.82, 2.24) is 15.3 Å². The van der Waals surface area contributed by atoms with Crippen LogP contribution in [0.15, 0.2) is 44.8 Å². The molecule has 0 saturated carbocycles. The van der Waals surface area contributed by atoms with E-state index in [1.54, 1.807) is 0 Å². The van der Waals surface area contributed by atoms with Gasteiger partial charge in [-0.3, -0.25) is 9.59 Å². The molecule has 0 radical (unpaired) electrons. The number of rotatable bonds is 5. The van der Waals surface area contributed by atoms with Crippen LogP contribution in [0.25, 0.3) is 0 Å². The Labute approximate surface area is 140 Å². The Balaban J connectivity index is 1.93. The van der Waals surface area contributed by atoms with Crippen molar-refractivity contribution < 1.29 is 4.79 Å². The van der Waals surface area contributed by atoms with Gasteiger partial charge in [0.15, 0.2) is 5.16 Å². The van der Waals surface area contributed by atoms with Crippen LogP contribution in [0.4, 0.5) is 5.82 Å². The minimum atomic E-state index is -0.336. The van der Waals surface area contributed by atoms with Crippen LogP contribution in [0.1, 0.15) is 18.5 Å². The molecular formula is C14H15BrN4O2S. The summed E-state index contributed by atoms with van der Waals surface area (Å²) in [5.74, 6) is 0.118. The average Bonchev–Trinajstić information content (AvgIpc) is 2.44. The Morgan fingerprint density at radius 1 is 1.50 bits per heavy atom. The number of carbonyl (C=O) groups is 1. The Morgan fingerprint density at radius 2 is 2.23 bits per heavy atom. The number of nitrogens with one attached hydrogen (secondary N) is 2. The monoisotopic (exact) mass is 382 g/mol. The molecule has 116 valence electrons. The molecule has 2 aromatic rings. The first-order valence-corrected chi connectivity index (χ1v) is 8.27. The van der Waals surface area contributed by atoms with E-state index < -0.39 is 0 Å². The molecule has 0 aliphatic carbocycles. The van der Waals surface area contributed by atoms with E-state index in [1.165, 1.54) is 6.07 Å². The van der Waals surface area contributed by atoms with Gasteiger partial charge < -0.3 is 16.0 Å². The van der Waals surface area contributed by atoms with Crippen LogP contribution in [0, 0.1) is 0 Å². The summed E-state index contributed by atoms with van der Waals surface area (Å²) in [6.07, 6.45) is 0. The molecular weight excluding hydrogens is 368 g/mol. The van der Waals surface area contributed by atoms with Gasteiger partial charge in [0, 0.05) is 10.5 Å². The number of hydrogen-bond acceptors (Lipinski definition) is 5. The molecule has 0 bridgehead atoms. The van der Waals surface area contributed by atoms with Gasteiger partial charge in [0.2, 0.25) is 5.91 Å². The van der Waals surface area contributed by atoms with E-state index in [4.69, 9.17) is 5.73 Å². The van der Waals surface area contributed by atoms with Crippen molar-refractivity contribution in [2.45, 2.75) is 18.1 Å². The van der Waals surface area contributed by atoms with Gasteiger partial charge in [0.25, 0.3) is 5.56 Å². The van der Waals surface area contributed by atoms with E-state index in [0.717, 1.165) is 21.8 Å². The van der Waals surface area contributed by atoms with Crippen LogP contribution in [0.5, 0.6) is 0 Å². The molecule has 22 heavy (non-hydrogen) atoms. The number of carbonyl (C=O) groups excluding carboxylic acids is 1. The molecule has 0 saturated heterocycles. The molecule has 2 rings (SSSR count). The van der Waals surface area contributed by atoms with Gasteiger partial charge in [-0.15, -0.1) is 0 Å². The van der Waals surface area contributed by atoms with E-state index in [2.05, 4.69) is 31.2 Å². The molecule has 6 nitrogen and oxygen atoms in total. The fraction of sp³-hybridized carbons (Fsp3) is 0.214. The van der Waals surface area contributed by atoms with Crippen molar-refractivity contribution in [3.63, 3.8) is 0 Å². The topological polar surface area (TPSA) is 101 Å². The normalized spacial score (nSPS) is 11.9. The van der Waals surface area contributed by atoms with Crippen LogP contribution in [0.3, 0.4) is 0 Å². The SMILES string of the molecule is C[C@@H](NC(=O)CSc1nc(N)cc(=O)[nH]1)c1ccccc1Br. The van der Waals surface area contributed by atoms with Crippen molar-refractivity contribution in [2.24, 2.45) is 0 Å². The van der Waals surface area contributed by atoms with Crippen LogP contribution in [-0.4, -0.2) is 21.6 Å². The third-order valence-corrected chi connectivity index (χ3v) is 4.42. The number of nitrogens with two attached hydrogens (primary N) is 1. The molecule has 1 amide bonds. The number of thioether (sulfide) groups is 1. The number of nitrogen functional groups attached to an aromatic ring is 1. The fourth-order valence-electron chi connectivity index (χ4n) is 1.84. The van der Waals surface area contributed by atoms with E-state index in [1.807, 2.05) is 31.2 Å². The summed E-state index contributed by atoms with van der Waals surface area (Å²) < 4.78 is 0.942. The Hall–Kier alpha value is -1.80. The largest absolute Gasteiger partial charge is 0.383 e. The molecule has 0 fully saturated rings. The molecule has 0 aliphatic heterocycles. The number of H-pyrrole nitrogens is 1. The molecule has 1 aromatic carbocycles. The first kappa shape index (κ1) is 16.6. The summed E-state index contributed by atoms with van der Waals surface area (Å²) in [5, 5.41) is 3.22. The lowest BCUT2D eigenvalue weighted by Crippen LogP contribution is -2.28. The number of aromatic nitrogens is 2. The quantitative estimate of drug-likeness (QED) is 0.542. The van der Waals surface area contributed by atoms with Crippen molar-refractivity contribution in [1.29, 1.82) is 0 Å². The fourth-order valence-corrected chi connectivity index (χ4v) is 3.16. The lowest BCUT2D eigenvalue weighted by molar-refractivity contribution is -0.119. The molecule has 1 atom stereocenters. The van der Waals surface area contributed by atoms with Gasteiger partial charge in [-0.1, -0.05) is 45.9 Å². The number of amides is 1. The molecule has 4 N–H and O–H groups in total. The maximum atomic E-state index is 12.0. The van der Waals surface area contributed by atoms with Gasteiger partial charge in [-0.25, -0.2) is 4.98 Å². The zero-order valence-corrected chi connectivity index (χ0v) is 14.2. The van der Waals surface area contributed by atoms with Gasteiger partial charge in [0.05, 0.1) is 11.8 Å². The number of hydrogen-bond donors (Lipinski definition) is 3. The predicted octanol–water partition coefficient (Wildman–Crippen LogP) is 2.08. The first-order chi connectivity index (χ1) is 10.5. The number of aromatic amines is 1. The smallest absolute Gasteiger partial charge is 0.253 e. The molecule has 0 spiro atoms. The second kappa shape index (κ2) is 7.46. The van der Waals surface area contributed by atoms with Crippen molar-refractivity contribution in [3.05, 3.63) is 50.7 Å². The Morgan fingerprint density at radius 3 is 2.91 bits per heavy atom. The number of anilines is 1. The summed E-state index contributed by atoms with van der Waals surface area (Å²) in [5.41, 5.74) is 6.15. The van der Waals surface area contributed by atoms with E-state index in [-0.39, 0.29) is 29.1 Å². The van der Waals surface area contributed by atoms with Crippen LogP contribution >= 0.6 is 27.7 Å². The predicted molar refractivity (Wildman–Crippen MR) is 90.7 cm³/mol. The van der Waals surface area contributed by atoms with Gasteiger partial charge >= 0.3 is 0 Å². The third kappa shape index (κ3) is 4.60. The first-order valence-electron chi connectivity index (χ1n) is 6.49. The molecule has 8 heteroatoms. The van der Waals surface area contributed by atoms with Crippen LogP contribution in [0.2, 0.25) is 0 Å². The second-order valence-electron chi connectivity index (χ2n) is 4.57. The average molecular weight is 383 g/mol. The minimum Gasteiger partial charge on any atom is -0.383 e. The van der Waals surface area contributed by atoms with Crippen molar-refractivity contribution in [3.8, 4) is 0 Å². The zero-order valence-electron chi connectivity index (χ0n) is 11.8. The Kier molecular flexibility index (Phi) is 5.62. The standard InChI is InChI=1S/C14H15BrN4O2S/c1-8(9-4-2-3-5-10(9)15)17-13(21)7-22-14-18-11(16)6-12(20)19-14/h2-6,8H,7H2,1H3,(H,17,21)(H3,16,18,19,20)/t8-/m1/s1. The van der Waals surface area contributed by atoms with E-state index in [0.29, 0.717) is 5.16 Å². The van der Waals surface area contributed by atoms with Gasteiger partial charge in [-0.05, 0) is 18.6 Å². The zero-order chi connectivity index (χ0) is 16.1. The summed E-state index contributed by atoms with van der Waals surface area (Å²) in [6.45, 7) is 1.91. The van der Waals surface area contributed by atoms with Crippen molar-refractivity contribution in [2.75, 3.05) is 11.5 Å². The highest BCUT2D eigenvalue weighted by molar-refractivity contribution is 9.10. The van der Waals surface area contributed by atoms with Gasteiger partial charge in [0.1, 0.15) is 5.82 Å². The third-order valence-electron chi connectivity index (χ3n) is 2.83.